The molecule has 1 N–H and O–H groups in total. The Balaban J connectivity index is 2.37. The number of halogens is 1. The molecule has 0 fully saturated rings. The van der Waals surface area contributed by atoms with Gasteiger partial charge in [-0.15, -0.1) is 0 Å². The van der Waals surface area contributed by atoms with E-state index in [1.165, 1.54) is 6.07 Å². The Morgan fingerprint density at radius 3 is 2.76 bits per heavy atom. The maximum atomic E-state index is 10.9. The normalized spacial score (nSPS) is 15.1. The minimum Gasteiger partial charge on any atom is -0.273 e. The average molecular weight is 298 g/mol. The molecule has 1 aromatic rings. The van der Waals surface area contributed by atoms with Crippen molar-refractivity contribution in [3.63, 3.8) is 0 Å². The molecule has 17 heavy (non-hydrogen) atoms. The maximum Gasteiger partial charge on any atom is 0.284 e. The minimum atomic E-state index is -0.463. The predicted octanol–water partition coefficient (Wildman–Crippen LogP) is 1.97. The van der Waals surface area contributed by atoms with E-state index in [-0.39, 0.29) is 11.6 Å². The van der Waals surface area contributed by atoms with Crippen LogP contribution in [-0.4, -0.2) is 16.5 Å². The first-order chi connectivity index (χ1) is 8.08. The first-order valence-corrected chi connectivity index (χ1v) is 5.67. The number of carbonyl (C=O) groups is 1. The lowest BCUT2D eigenvalue weighted by atomic mass is 10.0. The number of rotatable bonds is 2. The number of nitrogens with one attached hydrogen (secondary N) is 1. The summed E-state index contributed by atoms with van der Waals surface area (Å²) in [6.45, 7) is 0. The van der Waals surface area contributed by atoms with Crippen LogP contribution in [-0.2, 0) is 4.79 Å². The number of nitrogens with zero attached hydrogens (tertiary/aromatic N) is 2. The molecular weight excluding hydrogens is 290 g/mol. The molecule has 0 radical (unpaired) electrons. The lowest BCUT2D eigenvalue weighted by Gasteiger charge is -2.11. The van der Waals surface area contributed by atoms with Gasteiger partial charge in [0.15, 0.2) is 0 Å². The third-order valence-electron chi connectivity index (χ3n) is 2.38. The number of hydrogen-bond acceptors (Lipinski definition) is 4. The summed E-state index contributed by atoms with van der Waals surface area (Å²) in [6.07, 6.45) is 0.841. The van der Waals surface area contributed by atoms with Crippen LogP contribution in [0.1, 0.15) is 18.4 Å². The summed E-state index contributed by atoms with van der Waals surface area (Å²) in [5.74, 6) is -0.139. The lowest BCUT2D eigenvalue weighted by molar-refractivity contribution is -0.385. The van der Waals surface area contributed by atoms with Crippen LogP contribution in [0.15, 0.2) is 27.8 Å². The van der Waals surface area contributed by atoms with Gasteiger partial charge in [0.05, 0.1) is 15.1 Å². The van der Waals surface area contributed by atoms with E-state index in [4.69, 9.17) is 0 Å². The maximum absolute atomic E-state index is 10.9. The lowest BCUT2D eigenvalue weighted by Crippen LogP contribution is -2.25. The molecule has 0 aromatic heterocycles. The first kappa shape index (κ1) is 11.7. The molecule has 0 unspecified atom stereocenters. The smallest absolute Gasteiger partial charge is 0.273 e. The van der Waals surface area contributed by atoms with Crippen molar-refractivity contribution in [1.82, 2.24) is 5.43 Å². The van der Waals surface area contributed by atoms with Crippen molar-refractivity contribution in [2.45, 2.75) is 12.8 Å². The Hall–Kier alpha value is -1.76. The number of amides is 1. The molecule has 0 saturated heterocycles. The quantitative estimate of drug-likeness (QED) is 0.669. The van der Waals surface area contributed by atoms with Crippen molar-refractivity contribution in [3.8, 4) is 0 Å². The third-order valence-corrected chi connectivity index (χ3v) is 3.05. The zero-order chi connectivity index (χ0) is 12.4. The number of hydrogen-bond donors (Lipinski definition) is 1. The molecule has 0 atom stereocenters. The van der Waals surface area contributed by atoms with Gasteiger partial charge in [0, 0.05) is 24.5 Å². The van der Waals surface area contributed by atoms with Gasteiger partial charge in [-0.25, -0.2) is 5.43 Å². The summed E-state index contributed by atoms with van der Waals surface area (Å²) < 4.78 is 0.423. The van der Waals surface area contributed by atoms with Crippen LogP contribution in [0, 0.1) is 10.1 Å². The molecule has 88 valence electrons. The van der Waals surface area contributed by atoms with Crippen molar-refractivity contribution >= 4 is 33.2 Å². The van der Waals surface area contributed by atoms with Gasteiger partial charge in [-0.2, -0.15) is 5.10 Å². The molecule has 1 aliphatic rings. The molecule has 1 aliphatic heterocycles. The highest BCUT2D eigenvalue weighted by Gasteiger charge is 2.17. The topological polar surface area (TPSA) is 84.6 Å². The summed E-state index contributed by atoms with van der Waals surface area (Å²) in [4.78, 5) is 21.2. The van der Waals surface area contributed by atoms with Crippen LogP contribution in [0.3, 0.4) is 0 Å². The third kappa shape index (κ3) is 2.50. The van der Waals surface area contributed by atoms with E-state index in [0.29, 0.717) is 28.6 Å². The fourth-order valence-corrected chi connectivity index (χ4v) is 1.91. The molecule has 0 saturated carbocycles. The van der Waals surface area contributed by atoms with Gasteiger partial charge in [0.1, 0.15) is 0 Å². The highest BCUT2D eigenvalue weighted by atomic mass is 79.9. The Labute approximate surface area is 105 Å². The van der Waals surface area contributed by atoms with Gasteiger partial charge in [-0.1, -0.05) is 6.07 Å². The predicted molar refractivity (Wildman–Crippen MR) is 64.7 cm³/mol. The summed E-state index contributed by atoms with van der Waals surface area (Å²) >= 11 is 3.11. The summed E-state index contributed by atoms with van der Waals surface area (Å²) in [7, 11) is 0. The molecular formula is C10H8BrN3O3. The van der Waals surface area contributed by atoms with Crippen LogP contribution < -0.4 is 5.43 Å². The number of carbonyl (C=O) groups excluding carboxylic acids is 1. The molecule has 1 aromatic carbocycles. The van der Waals surface area contributed by atoms with Gasteiger partial charge >= 0.3 is 0 Å². The molecule has 1 heterocycles. The van der Waals surface area contributed by atoms with Crippen molar-refractivity contribution < 1.29 is 9.72 Å². The largest absolute Gasteiger partial charge is 0.284 e. The summed E-state index contributed by atoms with van der Waals surface area (Å²) in [6, 6.07) is 4.78. The molecule has 7 heteroatoms. The Bertz CT molecular complexity index is 528. The van der Waals surface area contributed by atoms with Crippen LogP contribution in [0.5, 0.6) is 0 Å². The monoisotopic (exact) mass is 297 g/mol. The fraction of sp³-hybridized carbons (Fsp3) is 0.200. The molecule has 0 bridgehead atoms. The van der Waals surface area contributed by atoms with E-state index < -0.39 is 4.92 Å². The van der Waals surface area contributed by atoms with Gasteiger partial charge in [-0.3, -0.25) is 14.9 Å². The van der Waals surface area contributed by atoms with E-state index in [0.717, 1.165) is 0 Å². The van der Waals surface area contributed by atoms with Crippen molar-refractivity contribution in [1.29, 1.82) is 0 Å². The molecule has 0 aliphatic carbocycles. The van der Waals surface area contributed by atoms with Crippen molar-refractivity contribution in [3.05, 3.63) is 38.3 Å². The van der Waals surface area contributed by atoms with Crippen LogP contribution in [0.25, 0.3) is 0 Å². The van der Waals surface area contributed by atoms with Gasteiger partial charge in [0.25, 0.3) is 5.69 Å². The zero-order valence-corrected chi connectivity index (χ0v) is 10.2. The highest BCUT2D eigenvalue weighted by molar-refractivity contribution is 9.10. The van der Waals surface area contributed by atoms with E-state index in [9.17, 15) is 14.9 Å². The standard InChI is InChI=1S/C10H8BrN3O3/c11-7-2-1-6(5-9(7)14(16)17)8-3-4-10(15)13-12-8/h1-2,5H,3-4H2,(H,13,15). The van der Waals surface area contributed by atoms with Crippen LogP contribution in [0.4, 0.5) is 5.69 Å². The van der Waals surface area contributed by atoms with E-state index in [1.807, 2.05) is 0 Å². The van der Waals surface area contributed by atoms with E-state index in [2.05, 4.69) is 26.5 Å². The Morgan fingerprint density at radius 2 is 2.18 bits per heavy atom. The molecule has 6 nitrogen and oxygen atoms in total. The van der Waals surface area contributed by atoms with Crippen LogP contribution in [0.2, 0.25) is 0 Å². The number of benzene rings is 1. The van der Waals surface area contributed by atoms with Gasteiger partial charge < -0.3 is 0 Å². The summed E-state index contributed by atoms with van der Waals surface area (Å²) in [5.41, 5.74) is 3.66. The second-order valence-electron chi connectivity index (χ2n) is 3.52. The fourth-order valence-electron chi connectivity index (χ4n) is 1.51. The Morgan fingerprint density at radius 1 is 1.41 bits per heavy atom. The number of hydrazone groups is 1. The second-order valence-corrected chi connectivity index (χ2v) is 4.37. The highest BCUT2D eigenvalue weighted by Crippen LogP contribution is 2.26. The zero-order valence-electron chi connectivity index (χ0n) is 8.64. The number of nitro benzene ring substituents is 1. The second kappa shape index (κ2) is 4.62. The van der Waals surface area contributed by atoms with E-state index in [1.54, 1.807) is 12.1 Å². The van der Waals surface area contributed by atoms with Gasteiger partial charge in [-0.05, 0) is 22.0 Å². The molecule has 2 rings (SSSR count). The Kier molecular flexibility index (Phi) is 3.19. The van der Waals surface area contributed by atoms with Gasteiger partial charge in [0.2, 0.25) is 5.91 Å². The SMILES string of the molecule is O=C1CCC(c2ccc(Br)c([N+](=O)[O-])c2)=NN1. The molecule has 0 spiro atoms. The summed E-state index contributed by atoms with van der Waals surface area (Å²) in [5, 5.41) is 14.7. The van der Waals surface area contributed by atoms with Crippen molar-refractivity contribution in [2.24, 2.45) is 5.10 Å². The minimum absolute atomic E-state index is 0.0119. The number of nitro groups is 1. The van der Waals surface area contributed by atoms with Crippen LogP contribution >= 0.6 is 15.9 Å². The first-order valence-electron chi connectivity index (χ1n) is 4.87. The van der Waals surface area contributed by atoms with E-state index >= 15 is 0 Å². The average Bonchev–Trinajstić information content (AvgIpc) is 2.30. The van der Waals surface area contributed by atoms with Crippen molar-refractivity contribution in [2.75, 3.05) is 0 Å². The molecule has 1 amide bonds.